The fraction of sp³-hybridized carbons (Fsp3) is 0.214. The van der Waals surface area contributed by atoms with Crippen LogP contribution in [-0.4, -0.2) is 21.5 Å². The van der Waals surface area contributed by atoms with E-state index in [1.165, 1.54) is 11.6 Å². The molecule has 2 aromatic rings. The van der Waals surface area contributed by atoms with E-state index in [2.05, 4.69) is 26.3 Å². The van der Waals surface area contributed by atoms with Crippen LogP contribution in [0.25, 0.3) is 0 Å². The second-order valence-corrected chi connectivity index (χ2v) is 5.25. The van der Waals surface area contributed by atoms with E-state index < -0.39 is 0 Å². The molecule has 0 aliphatic heterocycles. The SMILES string of the molecule is CC(=O)c1ccc(NC(=O)c2c(Br)c(C)nn2C)cc1. The lowest BCUT2D eigenvalue weighted by atomic mass is 10.1. The smallest absolute Gasteiger partial charge is 0.275 e. The lowest BCUT2D eigenvalue weighted by Crippen LogP contribution is -2.16. The Labute approximate surface area is 125 Å². The van der Waals surface area contributed by atoms with Crippen LogP contribution in [0, 0.1) is 6.92 Å². The summed E-state index contributed by atoms with van der Waals surface area (Å²) < 4.78 is 2.21. The third-order valence-electron chi connectivity index (χ3n) is 2.91. The number of aryl methyl sites for hydroxylation is 2. The molecule has 0 unspecified atom stereocenters. The number of Topliss-reactive ketones (excluding diaryl/α,β-unsaturated/α-hetero) is 1. The van der Waals surface area contributed by atoms with Crippen LogP contribution in [0.1, 0.15) is 33.5 Å². The molecule has 0 bridgehead atoms. The third-order valence-corrected chi connectivity index (χ3v) is 3.86. The predicted molar refractivity (Wildman–Crippen MR) is 80.0 cm³/mol. The number of anilines is 1. The molecule has 1 aromatic carbocycles. The molecule has 6 heteroatoms. The zero-order valence-corrected chi connectivity index (χ0v) is 13.0. The van der Waals surface area contributed by atoms with E-state index in [0.29, 0.717) is 21.4 Å². The van der Waals surface area contributed by atoms with Crippen molar-refractivity contribution in [2.75, 3.05) is 5.32 Å². The van der Waals surface area contributed by atoms with Gasteiger partial charge in [-0.3, -0.25) is 14.3 Å². The fourth-order valence-corrected chi connectivity index (χ4v) is 2.37. The van der Waals surface area contributed by atoms with Crippen molar-refractivity contribution in [1.82, 2.24) is 9.78 Å². The summed E-state index contributed by atoms with van der Waals surface area (Å²) in [7, 11) is 1.71. The van der Waals surface area contributed by atoms with Crippen molar-refractivity contribution in [3.8, 4) is 0 Å². The van der Waals surface area contributed by atoms with E-state index in [1.807, 2.05) is 6.92 Å². The van der Waals surface area contributed by atoms with Gasteiger partial charge in [-0.05, 0) is 54.0 Å². The summed E-state index contributed by atoms with van der Waals surface area (Å²) in [6.45, 7) is 3.33. The van der Waals surface area contributed by atoms with Crippen molar-refractivity contribution in [3.05, 3.63) is 45.7 Å². The molecule has 1 N–H and O–H groups in total. The highest BCUT2D eigenvalue weighted by atomic mass is 79.9. The van der Waals surface area contributed by atoms with E-state index in [4.69, 9.17) is 0 Å². The van der Waals surface area contributed by atoms with Crippen LogP contribution in [0.15, 0.2) is 28.7 Å². The Morgan fingerprint density at radius 3 is 2.30 bits per heavy atom. The number of halogens is 1. The van der Waals surface area contributed by atoms with Crippen molar-refractivity contribution in [2.45, 2.75) is 13.8 Å². The van der Waals surface area contributed by atoms with Gasteiger partial charge in [0.05, 0.1) is 10.2 Å². The summed E-state index contributed by atoms with van der Waals surface area (Å²) in [5.41, 5.74) is 2.45. The Morgan fingerprint density at radius 1 is 1.25 bits per heavy atom. The van der Waals surface area contributed by atoms with Gasteiger partial charge in [0.2, 0.25) is 0 Å². The molecular weight excluding hydrogens is 322 g/mol. The lowest BCUT2D eigenvalue weighted by molar-refractivity contribution is 0.101. The number of hydrogen-bond acceptors (Lipinski definition) is 3. The van der Waals surface area contributed by atoms with Gasteiger partial charge in [-0.1, -0.05) is 0 Å². The number of hydrogen-bond donors (Lipinski definition) is 1. The van der Waals surface area contributed by atoms with E-state index >= 15 is 0 Å². The van der Waals surface area contributed by atoms with Gasteiger partial charge in [-0.15, -0.1) is 0 Å². The minimum absolute atomic E-state index is 0.00659. The first-order chi connectivity index (χ1) is 9.40. The quantitative estimate of drug-likeness (QED) is 0.877. The maximum atomic E-state index is 12.2. The van der Waals surface area contributed by atoms with E-state index in [1.54, 1.807) is 31.3 Å². The summed E-state index contributed by atoms with van der Waals surface area (Å²) in [6, 6.07) is 6.76. The molecule has 1 heterocycles. The second kappa shape index (κ2) is 5.58. The average molecular weight is 336 g/mol. The minimum atomic E-state index is -0.254. The summed E-state index contributed by atoms with van der Waals surface area (Å²) in [4.78, 5) is 23.4. The Kier molecular flexibility index (Phi) is 4.04. The Morgan fingerprint density at radius 2 is 1.85 bits per heavy atom. The molecule has 0 fully saturated rings. The van der Waals surface area contributed by atoms with Crippen molar-refractivity contribution < 1.29 is 9.59 Å². The van der Waals surface area contributed by atoms with E-state index in [-0.39, 0.29) is 11.7 Å². The van der Waals surface area contributed by atoms with Crippen LogP contribution in [-0.2, 0) is 7.05 Å². The number of carbonyl (C=O) groups excluding carboxylic acids is 2. The Bertz CT molecular complexity index is 674. The molecule has 0 saturated carbocycles. The molecule has 0 aliphatic carbocycles. The molecule has 0 atom stereocenters. The van der Waals surface area contributed by atoms with Crippen LogP contribution in [0.4, 0.5) is 5.69 Å². The number of ketones is 1. The van der Waals surface area contributed by atoms with Crippen molar-refractivity contribution in [2.24, 2.45) is 7.05 Å². The third kappa shape index (κ3) is 2.80. The van der Waals surface area contributed by atoms with Crippen molar-refractivity contribution in [3.63, 3.8) is 0 Å². The van der Waals surface area contributed by atoms with Gasteiger partial charge in [-0.25, -0.2) is 0 Å². The Balaban J connectivity index is 2.21. The molecule has 0 spiro atoms. The topological polar surface area (TPSA) is 64.0 Å². The van der Waals surface area contributed by atoms with Crippen molar-refractivity contribution >= 4 is 33.3 Å². The Hall–Kier alpha value is -1.95. The maximum Gasteiger partial charge on any atom is 0.275 e. The number of benzene rings is 1. The zero-order valence-electron chi connectivity index (χ0n) is 11.4. The highest BCUT2D eigenvalue weighted by Crippen LogP contribution is 2.21. The number of nitrogens with zero attached hydrogens (tertiary/aromatic N) is 2. The summed E-state index contributed by atoms with van der Waals surface area (Å²) in [5.74, 6) is -0.261. The average Bonchev–Trinajstić information content (AvgIpc) is 2.63. The molecule has 0 saturated heterocycles. The van der Waals surface area contributed by atoms with Crippen LogP contribution in [0.5, 0.6) is 0 Å². The standard InChI is InChI=1S/C14H14BrN3O2/c1-8-12(15)13(18(3)17-8)14(20)16-11-6-4-10(5-7-11)9(2)19/h4-7H,1-3H3,(H,16,20). The van der Waals surface area contributed by atoms with Crippen LogP contribution >= 0.6 is 15.9 Å². The highest BCUT2D eigenvalue weighted by molar-refractivity contribution is 9.10. The number of nitrogens with one attached hydrogen (secondary N) is 1. The first-order valence-electron chi connectivity index (χ1n) is 6.01. The van der Waals surface area contributed by atoms with Crippen LogP contribution in [0.2, 0.25) is 0 Å². The fourth-order valence-electron chi connectivity index (χ4n) is 1.86. The summed E-state index contributed by atoms with van der Waals surface area (Å²) in [6.07, 6.45) is 0. The van der Waals surface area contributed by atoms with Gasteiger partial charge < -0.3 is 5.32 Å². The molecular formula is C14H14BrN3O2. The highest BCUT2D eigenvalue weighted by Gasteiger charge is 2.18. The van der Waals surface area contributed by atoms with Gasteiger partial charge in [0.25, 0.3) is 5.91 Å². The monoisotopic (exact) mass is 335 g/mol. The van der Waals surface area contributed by atoms with Gasteiger partial charge in [-0.2, -0.15) is 5.10 Å². The molecule has 1 aromatic heterocycles. The molecule has 104 valence electrons. The zero-order chi connectivity index (χ0) is 14.9. The molecule has 20 heavy (non-hydrogen) atoms. The molecule has 1 amide bonds. The van der Waals surface area contributed by atoms with Gasteiger partial charge in [0, 0.05) is 18.3 Å². The first-order valence-corrected chi connectivity index (χ1v) is 6.81. The molecule has 2 rings (SSSR count). The number of aromatic nitrogens is 2. The number of amides is 1. The molecule has 0 radical (unpaired) electrons. The van der Waals surface area contributed by atoms with Crippen LogP contribution < -0.4 is 5.32 Å². The predicted octanol–water partition coefficient (Wildman–Crippen LogP) is 2.95. The van der Waals surface area contributed by atoms with Crippen molar-refractivity contribution in [1.29, 1.82) is 0 Å². The van der Waals surface area contributed by atoms with E-state index in [0.717, 1.165) is 5.69 Å². The maximum absolute atomic E-state index is 12.2. The van der Waals surface area contributed by atoms with Gasteiger partial charge >= 0.3 is 0 Å². The van der Waals surface area contributed by atoms with Crippen LogP contribution in [0.3, 0.4) is 0 Å². The number of rotatable bonds is 3. The lowest BCUT2D eigenvalue weighted by Gasteiger charge is -2.06. The second-order valence-electron chi connectivity index (χ2n) is 4.46. The largest absolute Gasteiger partial charge is 0.321 e. The van der Waals surface area contributed by atoms with E-state index in [9.17, 15) is 9.59 Å². The minimum Gasteiger partial charge on any atom is -0.321 e. The molecule has 0 aliphatic rings. The normalized spacial score (nSPS) is 10.4. The van der Waals surface area contributed by atoms with Gasteiger partial charge in [0.15, 0.2) is 5.78 Å². The summed E-state index contributed by atoms with van der Waals surface area (Å²) >= 11 is 3.36. The summed E-state index contributed by atoms with van der Waals surface area (Å²) in [5, 5.41) is 6.95. The molecule has 5 nitrogen and oxygen atoms in total. The first kappa shape index (κ1) is 14.5. The number of carbonyl (C=O) groups is 2. The van der Waals surface area contributed by atoms with Gasteiger partial charge in [0.1, 0.15) is 5.69 Å².